The highest BCUT2D eigenvalue weighted by atomic mass is 16.5. The van der Waals surface area contributed by atoms with Crippen LogP contribution in [0.2, 0.25) is 0 Å². The first kappa shape index (κ1) is 17.8. The zero-order valence-corrected chi connectivity index (χ0v) is 16.0. The van der Waals surface area contributed by atoms with Crippen LogP contribution < -0.4 is 14.2 Å². The number of methoxy groups -OCH3 is 3. The van der Waals surface area contributed by atoms with Crippen molar-refractivity contribution in [2.75, 3.05) is 21.3 Å². The second kappa shape index (κ2) is 7.56. The average Bonchev–Trinajstić information content (AvgIpc) is 2.77. The van der Waals surface area contributed by atoms with Gasteiger partial charge in [-0.3, -0.25) is 0 Å². The summed E-state index contributed by atoms with van der Waals surface area (Å²) in [6.45, 7) is 0. The monoisotopic (exact) mass is 372 g/mol. The summed E-state index contributed by atoms with van der Waals surface area (Å²) in [7, 11) is 4.77. The van der Waals surface area contributed by atoms with Gasteiger partial charge in [0.1, 0.15) is 0 Å². The van der Waals surface area contributed by atoms with Gasteiger partial charge in [-0.15, -0.1) is 0 Å². The zero-order chi connectivity index (χ0) is 19.5. The number of aromatic nitrogens is 2. The lowest BCUT2D eigenvalue weighted by Gasteiger charge is -2.14. The van der Waals surface area contributed by atoms with E-state index in [0.29, 0.717) is 23.1 Å². The van der Waals surface area contributed by atoms with Gasteiger partial charge in [-0.2, -0.15) is 0 Å². The van der Waals surface area contributed by atoms with Crippen molar-refractivity contribution in [1.29, 1.82) is 0 Å². The molecule has 0 spiro atoms. The fourth-order valence-electron chi connectivity index (χ4n) is 3.23. The molecule has 0 atom stereocenters. The Balaban J connectivity index is 1.98. The highest BCUT2D eigenvalue weighted by Crippen LogP contribution is 2.41. The second-order valence-electron chi connectivity index (χ2n) is 6.19. The summed E-state index contributed by atoms with van der Waals surface area (Å²) < 4.78 is 16.4. The van der Waals surface area contributed by atoms with E-state index in [1.165, 1.54) is 0 Å². The standard InChI is InChI=1S/C23H20N2O3/c1-26-19-13-16(14-20(27-2)22(19)28-3)23-24-18-12-8-7-11-17(18)21(25-23)15-9-5-4-6-10-15/h4-14H,1-3H3. The Labute approximate surface area is 163 Å². The zero-order valence-electron chi connectivity index (χ0n) is 16.0. The minimum absolute atomic E-state index is 0.540. The van der Waals surface area contributed by atoms with Crippen molar-refractivity contribution in [3.05, 3.63) is 66.7 Å². The van der Waals surface area contributed by atoms with E-state index >= 15 is 0 Å². The van der Waals surface area contributed by atoms with E-state index in [0.717, 1.165) is 27.7 Å². The van der Waals surface area contributed by atoms with Crippen LogP contribution >= 0.6 is 0 Å². The van der Waals surface area contributed by atoms with Crippen LogP contribution in [0.5, 0.6) is 17.2 Å². The van der Waals surface area contributed by atoms with Gasteiger partial charge in [0.2, 0.25) is 5.75 Å². The molecule has 0 aliphatic carbocycles. The third-order valence-electron chi connectivity index (χ3n) is 4.57. The molecule has 0 aliphatic heterocycles. The van der Waals surface area contributed by atoms with Crippen molar-refractivity contribution in [3.63, 3.8) is 0 Å². The Bertz CT molecular complexity index is 1100. The van der Waals surface area contributed by atoms with Gasteiger partial charge in [-0.1, -0.05) is 48.5 Å². The van der Waals surface area contributed by atoms with Crippen molar-refractivity contribution in [2.45, 2.75) is 0 Å². The Hall–Kier alpha value is -3.60. The molecule has 0 N–H and O–H groups in total. The predicted molar refractivity (Wildman–Crippen MR) is 110 cm³/mol. The fourth-order valence-corrected chi connectivity index (χ4v) is 3.23. The van der Waals surface area contributed by atoms with Crippen LogP contribution in [0, 0.1) is 0 Å². The minimum Gasteiger partial charge on any atom is -0.493 e. The van der Waals surface area contributed by atoms with Crippen molar-refractivity contribution in [3.8, 4) is 39.9 Å². The lowest BCUT2D eigenvalue weighted by molar-refractivity contribution is 0.324. The van der Waals surface area contributed by atoms with Crippen LogP contribution in [0.4, 0.5) is 0 Å². The summed E-state index contributed by atoms with van der Waals surface area (Å²) in [5, 5.41) is 1.00. The molecule has 0 bridgehead atoms. The van der Waals surface area contributed by atoms with Gasteiger partial charge in [0.15, 0.2) is 17.3 Å². The normalized spacial score (nSPS) is 10.7. The van der Waals surface area contributed by atoms with Crippen LogP contribution in [0.3, 0.4) is 0 Å². The lowest BCUT2D eigenvalue weighted by Crippen LogP contribution is -1.98. The summed E-state index contributed by atoms with van der Waals surface area (Å²) in [6, 6.07) is 21.8. The molecule has 1 aromatic heterocycles. The van der Waals surface area contributed by atoms with E-state index < -0.39 is 0 Å². The van der Waals surface area contributed by atoms with E-state index in [1.54, 1.807) is 21.3 Å². The van der Waals surface area contributed by atoms with Crippen molar-refractivity contribution in [1.82, 2.24) is 9.97 Å². The van der Waals surface area contributed by atoms with Gasteiger partial charge < -0.3 is 14.2 Å². The highest BCUT2D eigenvalue weighted by molar-refractivity contribution is 5.93. The van der Waals surface area contributed by atoms with Gasteiger partial charge in [0.25, 0.3) is 0 Å². The van der Waals surface area contributed by atoms with Crippen LogP contribution in [0.1, 0.15) is 0 Å². The smallest absolute Gasteiger partial charge is 0.203 e. The summed E-state index contributed by atoms with van der Waals surface area (Å²) >= 11 is 0. The third kappa shape index (κ3) is 3.11. The van der Waals surface area contributed by atoms with Crippen LogP contribution in [-0.2, 0) is 0 Å². The summed E-state index contributed by atoms with van der Waals surface area (Å²) in [6.07, 6.45) is 0. The maximum Gasteiger partial charge on any atom is 0.203 e. The molecule has 4 rings (SSSR count). The molecule has 1 heterocycles. The van der Waals surface area contributed by atoms with Gasteiger partial charge >= 0.3 is 0 Å². The van der Waals surface area contributed by atoms with E-state index in [1.807, 2.05) is 66.7 Å². The minimum atomic E-state index is 0.540. The molecular weight excluding hydrogens is 352 g/mol. The number of para-hydroxylation sites is 1. The summed E-state index contributed by atoms with van der Waals surface area (Å²) in [5.41, 5.74) is 3.59. The fraction of sp³-hybridized carbons (Fsp3) is 0.130. The van der Waals surface area contributed by atoms with Gasteiger partial charge in [0.05, 0.1) is 32.5 Å². The molecule has 0 amide bonds. The van der Waals surface area contributed by atoms with E-state index in [2.05, 4.69) is 0 Å². The molecule has 0 fully saturated rings. The van der Waals surface area contributed by atoms with Crippen LogP contribution in [0.25, 0.3) is 33.5 Å². The van der Waals surface area contributed by atoms with Crippen LogP contribution in [0.15, 0.2) is 66.7 Å². The molecule has 4 aromatic rings. The van der Waals surface area contributed by atoms with E-state index in [4.69, 9.17) is 24.2 Å². The molecule has 140 valence electrons. The maximum atomic E-state index is 5.48. The molecule has 5 nitrogen and oxygen atoms in total. The number of fused-ring (bicyclic) bond motifs is 1. The Kier molecular flexibility index (Phi) is 4.81. The molecule has 5 heteroatoms. The SMILES string of the molecule is COc1cc(-c2nc(-c3ccccc3)c3ccccc3n2)cc(OC)c1OC. The Morgan fingerprint density at radius 3 is 1.93 bits per heavy atom. The molecule has 0 radical (unpaired) electrons. The summed E-state index contributed by atoms with van der Waals surface area (Å²) in [4.78, 5) is 9.66. The number of rotatable bonds is 5. The molecule has 0 aliphatic rings. The number of benzene rings is 3. The quantitative estimate of drug-likeness (QED) is 0.494. The number of nitrogens with zero attached hydrogens (tertiary/aromatic N) is 2. The van der Waals surface area contributed by atoms with Crippen molar-refractivity contribution >= 4 is 10.9 Å². The predicted octanol–water partition coefficient (Wildman–Crippen LogP) is 4.99. The van der Waals surface area contributed by atoms with E-state index in [-0.39, 0.29) is 0 Å². The first-order valence-corrected chi connectivity index (χ1v) is 8.87. The first-order valence-electron chi connectivity index (χ1n) is 8.87. The average molecular weight is 372 g/mol. The largest absolute Gasteiger partial charge is 0.493 e. The van der Waals surface area contributed by atoms with Crippen LogP contribution in [-0.4, -0.2) is 31.3 Å². The first-order chi connectivity index (χ1) is 13.7. The lowest BCUT2D eigenvalue weighted by atomic mass is 10.1. The number of hydrogen-bond acceptors (Lipinski definition) is 5. The van der Waals surface area contributed by atoms with Crippen molar-refractivity contribution < 1.29 is 14.2 Å². The highest BCUT2D eigenvalue weighted by Gasteiger charge is 2.17. The van der Waals surface area contributed by atoms with Gasteiger partial charge in [-0.05, 0) is 18.2 Å². The second-order valence-corrected chi connectivity index (χ2v) is 6.19. The molecular formula is C23H20N2O3. The Morgan fingerprint density at radius 2 is 1.29 bits per heavy atom. The maximum absolute atomic E-state index is 5.48. The number of hydrogen-bond donors (Lipinski definition) is 0. The molecule has 3 aromatic carbocycles. The molecule has 28 heavy (non-hydrogen) atoms. The third-order valence-corrected chi connectivity index (χ3v) is 4.57. The van der Waals surface area contributed by atoms with Gasteiger partial charge in [0, 0.05) is 16.5 Å². The van der Waals surface area contributed by atoms with E-state index in [9.17, 15) is 0 Å². The number of ether oxygens (including phenoxy) is 3. The molecule has 0 saturated carbocycles. The van der Waals surface area contributed by atoms with Crippen molar-refractivity contribution in [2.24, 2.45) is 0 Å². The molecule has 0 unspecified atom stereocenters. The Morgan fingerprint density at radius 1 is 0.643 bits per heavy atom. The molecule has 0 saturated heterocycles. The van der Waals surface area contributed by atoms with Gasteiger partial charge in [-0.25, -0.2) is 9.97 Å². The topological polar surface area (TPSA) is 53.5 Å². The summed E-state index contributed by atoms with van der Waals surface area (Å²) in [5.74, 6) is 2.26.